The SMILES string of the molecule is CCc1cccc2c3cccc(CC)c3n(-c3ccnc(-n4c5[c-]c(Oc6[c-]c(N7[CH-]N(C)c8ccccc87)cc(C(C)(C)C)c6)ccc5c5ccccc54)c3)c12.[Pt]. The third kappa shape index (κ3) is 6.08. The Bertz CT molecular complexity index is 2960. The molecule has 0 saturated carbocycles. The molecule has 9 aromatic rings. The van der Waals surface area contributed by atoms with E-state index >= 15 is 0 Å². The van der Waals surface area contributed by atoms with Crippen LogP contribution in [0.15, 0.2) is 128 Å². The van der Waals surface area contributed by atoms with Crippen molar-refractivity contribution in [2.75, 3.05) is 16.8 Å². The average Bonchev–Trinajstić information content (AvgIpc) is 3.87. The number of hydrogen-bond donors (Lipinski definition) is 0. The summed E-state index contributed by atoms with van der Waals surface area (Å²) in [7, 11) is 2.07. The number of benzene rings is 6. The van der Waals surface area contributed by atoms with Gasteiger partial charge in [0.2, 0.25) is 0 Å². The maximum absolute atomic E-state index is 6.75. The quantitative estimate of drug-likeness (QED) is 0.149. The Hall–Kier alpha value is -5.84. The topological polar surface area (TPSA) is 38.5 Å². The summed E-state index contributed by atoms with van der Waals surface area (Å²) < 4.78 is 11.4. The van der Waals surface area contributed by atoms with Crippen LogP contribution in [0.4, 0.5) is 17.1 Å². The van der Waals surface area contributed by atoms with E-state index in [1.165, 1.54) is 32.9 Å². The Morgan fingerprint density at radius 1 is 0.655 bits per heavy atom. The maximum Gasteiger partial charge on any atom is 0.137 e. The fourth-order valence-electron chi connectivity index (χ4n) is 8.65. The van der Waals surface area contributed by atoms with Crippen LogP contribution in [0, 0.1) is 18.8 Å². The predicted molar refractivity (Wildman–Crippen MR) is 236 cm³/mol. The van der Waals surface area contributed by atoms with Crippen LogP contribution < -0.4 is 14.5 Å². The largest absolute Gasteiger partial charge is 0.509 e. The third-order valence-corrected chi connectivity index (χ3v) is 11.5. The van der Waals surface area contributed by atoms with Crippen molar-refractivity contribution in [1.29, 1.82) is 0 Å². The second-order valence-electron chi connectivity index (χ2n) is 16.0. The van der Waals surface area contributed by atoms with Gasteiger partial charge in [0.15, 0.2) is 0 Å². The molecule has 7 heteroatoms. The molecule has 6 aromatic carbocycles. The Kier molecular flexibility index (Phi) is 9.44. The first kappa shape index (κ1) is 37.7. The standard InChI is InChI=1S/C51H44N5O.Pt/c1-7-33-15-13-18-42-43-19-14-16-34(8-2)50(43)55(49(33)42)36-25-26-52-48(30-36)56-44-20-10-9-17-40(44)41-24-23-38(31-47(41)56)57-39-28-35(51(3,4)5)27-37(29-39)54-32-53(6)45-21-11-12-22-46(45)54;/h9-28,30,32H,7-8H2,1-6H3;/q-3;. The van der Waals surface area contributed by atoms with Gasteiger partial charge >= 0.3 is 0 Å². The van der Waals surface area contributed by atoms with Crippen LogP contribution in [-0.4, -0.2) is 21.2 Å². The second kappa shape index (κ2) is 14.5. The zero-order valence-electron chi connectivity index (χ0n) is 33.6. The molecule has 0 atom stereocenters. The minimum atomic E-state index is -0.115. The summed E-state index contributed by atoms with van der Waals surface area (Å²) in [4.78, 5) is 9.37. The van der Waals surface area contributed by atoms with E-state index in [9.17, 15) is 0 Å². The molecule has 0 unspecified atom stereocenters. The second-order valence-corrected chi connectivity index (χ2v) is 16.0. The van der Waals surface area contributed by atoms with Crippen LogP contribution in [0.1, 0.15) is 51.3 Å². The van der Waals surface area contributed by atoms with E-state index in [0.717, 1.165) is 68.8 Å². The Morgan fingerprint density at radius 3 is 2.03 bits per heavy atom. The van der Waals surface area contributed by atoms with Crippen LogP contribution in [-0.2, 0) is 39.3 Å². The van der Waals surface area contributed by atoms with E-state index in [-0.39, 0.29) is 26.5 Å². The van der Waals surface area contributed by atoms with Gasteiger partial charge in [0.05, 0.1) is 16.7 Å². The number of aryl methyl sites for hydroxylation is 2. The number of pyridine rings is 1. The van der Waals surface area contributed by atoms with Gasteiger partial charge in [-0.1, -0.05) is 107 Å². The summed E-state index contributed by atoms with van der Waals surface area (Å²) in [5, 5.41) is 4.78. The predicted octanol–water partition coefficient (Wildman–Crippen LogP) is 12.8. The molecule has 6 nitrogen and oxygen atoms in total. The van der Waals surface area contributed by atoms with Crippen LogP contribution in [0.2, 0.25) is 0 Å². The number of fused-ring (bicyclic) bond motifs is 7. The fourth-order valence-corrected chi connectivity index (χ4v) is 8.65. The summed E-state index contributed by atoms with van der Waals surface area (Å²) in [6.07, 6.45) is 3.82. The summed E-state index contributed by atoms with van der Waals surface area (Å²) >= 11 is 0. The summed E-state index contributed by atoms with van der Waals surface area (Å²) in [6, 6.07) is 50.5. The number of aromatic nitrogens is 3. The van der Waals surface area contributed by atoms with Crippen molar-refractivity contribution in [2.45, 2.75) is 52.9 Å². The molecule has 0 spiro atoms. The van der Waals surface area contributed by atoms with Crippen molar-refractivity contribution in [3.05, 3.63) is 163 Å². The number of hydrogen-bond acceptors (Lipinski definition) is 4. The number of anilines is 3. The molecule has 0 N–H and O–H groups in total. The van der Waals surface area contributed by atoms with E-state index in [4.69, 9.17) is 9.72 Å². The molecule has 0 bridgehead atoms. The van der Waals surface area contributed by atoms with Crippen molar-refractivity contribution >= 4 is 60.7 Å². The molecule has 0 radical (unpaired) electrons. The van der Waals surface area contributed by atoms with Gasteiger partial charge in [-0.25, -0.2) is 4.98 Å². The first-order valence-corrected chi connectivity index (χ1v) is 19.9. The van der Waals surface area contributed by atoms with Crippen molar-refractivity contribution in [2.24, 2.45) is 0 Å². The minimum absolute atomic E-state index is 0. The average molecular weight is 938 g/mol. The molecule has 58 heavy (non-hydrogen) atoms. The fraction of sp³-hybridized carbons (Fsp3) is 0.176. The molecule has 1 aliphatic rings. The van der Waals surface area contributed by atoms with Crippen LogP contribution in [0.3, 0.4) is 0 Å². The van der Waals surface area contributed by atoms with E-state index in [1.807, 2.05) is 12.3 Å². The van der Waals surface area contributed by atoms with Gasteiger partial charge in [0, 0.05) is 72.5 Å². The Labute approximate surface area is 354 Å². The molecule has 0 amide bonds. The van der Waals surface area contributed by atoms with Crippen LogP contribution in [0.25, 0.3) is 55.1 Å². The number of para-hydroxylation sites is 5. The summed E-state index contributed by atoms with van der Waals surface area (Å²) in [5.41, 5.74) is 12.4. The molecule has 4 heterocycles. The van der Waals surface area contributed by atoms with Gasteiger partial charge in [0.1, 0.15) is 5.82 Å². The minimum Gasteiger partial charge on any atom is -0.509 e. The van der Waals surface area contributed by atoms with Gasteiger partial charge in [-0.05, 0) is 66.1 Å². The van der Waals surface area contributed by atoms with Crippen molar-refractivity contribution in [3.63, 3.8) is 0 Å². The Balaban J connectivity index is 0.00000436. The first-order chi connectivity index (χ1) is 27.7. The number of ether oxygens (including phenoxy) is 1. The van der Waals surface area contributed by atoms with Crippen molar-refractivity contribution < 1.29 is 25.8 Å². The summed E-state index contributed by atoms with van der Waals surface area (Å²) in [5.74, 6) is 2.07. The monoisotopic (exact) mass is 937 g/mol. The van der Waals surface area contributed by atoms with Crippen molar-refractivity contribution in [3.8, 4) is 23.0 Å². The molecule has 292 valence electrons. The molecule has 0 aliphatic carbocycles. The number of rotatable bonds is 7. The van der Waals surface area contributed by atoms with Gasteiger partial charge in [-0.15, -0.1) is 47.0 Å². The molecule has 1 aliphatic heterocycles. The summed E-state index contributed by atoms with van der Waals surface area (Å²) in [6.45, 7) is 13.3. The van der Waals surface area contributed by atoms with Crippen LogP contribution >= 0.6 is 0 Å². The first-order valence-electron chi connectivity index (χ1n) is 19.9. The van der Waals surface area contributed by atoms with E-state index in [1.54, 1.807) is 0 Å². The third-order valence-electron chi connectivity index (χ3n) is 11.5. The zero-order valence-corrected chi connectivity index (χ0v) is 35.8. The number of nitrogens with zero attached hydrogens (tertiary/aromatic N) is 5. The van der Waals surface area contributed by atoms with Gasteiger partial charge in [0.25, 0.3) is 0 Å². The van der Waals surface area contributed by atoms with Gasteiger partial charge in [-0.2, -0.15) is 12.7 Å². The molecule has 0 fully saturated rings. The molecular formula is C51H44N5OPt-3. The van der Waals surface area contributed by atoms with Gasteiger partial charge < -0.3 is 23.7 Å². The zero-order chi connectivity index (χ0) is 39.0. The van der Waals surface area contributed by atoms with Crippen molar-refractivity contribution in [1.82, 2.24) is 14.1 Å². The smallest absolute Gasteiger partial charge is 0.137 e. The maximum atomic E-state index is 6.75. The normalized spacial score (nSPS) is 12.9. The van der Waals surface area contributed by atoms with E-state index in [2.05, 4.69) is 195 Å². The van der Waals surface area contributed by atoms with E-state index in [0.29, 0.717) is 11.5 Å². The molecular weight excluding hydrogens is 894 g/mol. The van der Waals surface area contributed by atoms with Gasteiger partial charge in [-0.3, -0.25) is 0 Å². The van der Waals surface area contributed by atoms with E-state index < -0.39 is 0 Å². The van der Waals surface area contributed by atoms with Crippen LogP contribution in [0.5, 0.6) is 11.5 Å². The molecule has 10 rings (SSSR count). The molecule has 0 saturated heterocycles. The Morgan fingerprint density at radius 2 is 1.33 bits per heavy atom. The molecule has 3 aromatic heterocycles.